The van der Waals surface area contributed by atoms with Crippen molar-refractivity contribution in [3.05, 3.63) is 35.4 Å². The van der Waals surface area contributed by atoms with Gasteiger partial charge in [-0.1, -0.05) is 31.2 Å². The molecule has 0 unspecified atom stereocenters. The van der Waals surface area contributed by atoms with Crippen molar-refractivity contribution in [3.8, 4) is 0 Å². The second-order valence-corrected chi connectivity index (χ2v) is 4.06. The molecule has 14 heavy (non-hydrogen) atoms. The van der Waals surface area contributed by atoms with Crippen LogP contribution in [0.15, 0.2) is 24.3 Å². The van der Waals surface area contributed by atoms with Gasteiger partial charge in [0.2, 0.25) is 0 Å². The van der Waals surface area contributed by atoms with Gasteiger partial charge in [0.1, 0.15) is 0 Å². The Labute approximate surface area is 83.6 Å². The molecule has 0 heterocycles. The normalized spacial score (nSPS) is 17.8. The number of carbonyl (C=O) groups is 1. The van der Waals surface area contributed by atoms with Gasteiger partial charge in [0.25, 0.3) is 0 Å². The van der Waals surface area contributed by atoms with Gasteiger partial charge >= 0.3 is 5.97 Å². The van der Waals surface area contributed by atoms with Crippen LogP contribution in [0.5, 0.6) is 0 Å². The zero-order valence-corrected chi connectivity index (χ0v) is 8.29. The summed E-state index contributed by atoms with van der Waals surface area (Å²) in [6.07, 6.45) is 2.08. The summed E-state index contributed by atoms with van der Waals surface area (Å²) in [6.45, 7) is 1.96. The first-order valence-corrected chi connectivity index (χ1v) is 4.98. The van der Waals surface area contributed by atoms with E-state index < -0.39 is 11.4 Å². The third-order valence-corrected chi connectivity index (χ3v) is 3.31. The minimum Gasteiger partial charge on any atom is -0.481 e. The summed E-state index contributed by atoms with van der Waals surface area (Å²) in [5.41, 5.74) is 1.87. The molecule has 1 N–H and O–H groups in total. The average molecular weight is 190 g/mol. The van der Waals surface area contributed by atoms with Crippen molar-refractivity contribution in [1.29, 1.82) is 0 Å². The molecule has 74 valence electrons. The van der Waals surface area contributed by atoms with E-state index in [1.54, 1.807) is 0 Å². The van der Waals surface area contributed by atoms with E-state index in [1.165, 1.54) is 11.1 Å². The summed E-state index contributed by atoms with van der Waals surface area (Å²) in [5, 5.41) is 9.24. The molecule has 2 heteroatoms. The molecule has 0 saturated heterocycles. The molecule has 0 aliphatic heterocycles. The molecular formula is C12H14O2. The maximum Gasteiger partial charge on any atom is 0.310 e. The highest BCUT2D eigenvalue weighted by atomic mass is 16.4. The van der Waals surface area contributed by atoms with E-state index in [1.807, 2.05) is 31.2 Å². The number of aliphatic carboxylic acids is 1. The highest BCUT2D eigenvalue weighted by molar-refractivity contribution is 5.77. The van der Waals surface area contributed by atoms with Crippen LogP contribution in [0.4, 0.5) is 0 Å². The van der Waals surface area contributed by atoms with E-state index in [2.05, 4.69) is 0 Å². The van der Waals surface area contributed by atoms with E-state index in [4.69, 9.17) is 0 Å². The molecule has 0 aromatic heterocycles. The number of carboxylic acids is 1. The molecule has 0 saturated carbocycles. The van der Waals surface area contributed by atoms with Crippen LogP contribution in [0.2, 0.25) is 0 Å². The largest absolute Gasteiger partial charge is 0.481 e. The van der Waals surface area contributed by atoms with Gasteiger partial charge in [-0.05, 0) is 30.4 Å². The molecule has 1 aromatic rings. The Bertz CT molecular complexity index is 343. The molecule has 2 rings (SSSR count). The maximum absolute atomic E-state index is 11.2. The van der Waals surface area contributed by atoms with Crippen molar-refractivity contribution in [2.75, 3.05) is 0 Å². The van der Waals surface area contributed by atoms with Gasteiger partial charge in [-0.3, -0.25) is 4.79 Å². The van der Waals surface area contributed by atoms with E-state index >= 15 is 0 Å². The van der Waals surface area contributed by atoms with Crippen molar-refractivity contribution in [1.82, 2.24) is 0 Å². The number of hydrogen-bond donors (Lipinski definition) is 1. The highest BCUT2D eigenvalue weighted by Crippen LogP contribution is 2.39. The lowest BCUT2D eigenvalue weighted by Crippen LogP contribution is -2.30. The van der Waals surface area contributed by atoms with E-state index in [9.17, 15) is 9.90 Å². The minimum absolute atomic E-state index is 0.538. The summed E-state index contributed by atoms with van der Waals surface area (Å²) in [7, 11) is 0. The van der Waals surface area contributed by atoms with Crippen LogP contribution in [-0.2, 0) is 17.6 Å². The van der Waals surface area contributed by atoms with Crippen LogP contribution in [0.25, 0.3) is 0 Å². The Morgan fingerprint density at radius 1 is 1.36 bits per heavy atom. The van der Waals surface area contributed by atoms with Gasteiger partial charge in [-0.2, -0.15) is 0 Å². The molecule has 0 radical (unpaired) electrons. The van der Waals surface area contributed by atoms with Crippen molar-refractivity contribution in [3.63, 3.8) is 0 Å². The molecule has 0 bridgehead atoms. The first kappa shape index (κ1) is 9.25. The number of hydrogen-bond acceptors (Lipinski definition) is 1. The number of fused-ring (bicyclic) bond motifs is 1. The zero-order chi connectivity index (χ0) is 10.2. The van der Waals surface area contributed by atoms with Gasteiger partial charge < -0.3 is 5.11 Å². The highest BCUT2D eigenvalue weighted by Gasteiger charge is 2.42. The maximum atomic E-state index is 11.2. The van der Waals surface area contributed by atoms with Crippen LogP contribution in [-0.4, -0.2) is 11.1 Å². The monoisotopic (exact) mass is 190 g/mol. The Morgan fingerprint density at radius 3 is 2.21 bits per heavy atom. The molecule has 1 aliphatic rings. The lowest BCUT2D eigenvalue weighted by Gasteiger charge is -2.21. The molecule has 1 aromatic carbocycles. The van der Waals surface area contributed by atoms with Crippen molar-refractivity contribution >= 4 is 5.97 Å². The lowest BCUT2D eigenvalue weighted by molar-refractivity contribution is -0.148. The fourth-order valence-corrected chi connectivity index (χ4v) is 2.25. The first-order valence-electron chi connectivity index (χ1n) is 4.98. The number of rotatable bonds is 2. The van der Waals surface area contributed by atoms with Crippen molar-refractivity contribution in [2.45, 2.75) is 26.2 Å². The average Bonchev–Trinajstić information content (AvgIpc) is 2.57. The summed E-state index contributed by atoms with van der Waals surface area (Å²) in [6, 6.07) is 8.03. The lowest BCUT2D eigenvalue weighted by atomic mass is 9.82. The Morgan fingerprint density at radius 2 is 1.86 bits per heavy atom. The summed E-state index contributed by atoms with van der Waals surface area (Å²) >= 11 is 0. The van der Waals surface area contributed by atoms with Crippen LogP contribution in [0.1, 0.15) is 24.5 Å². The van der Waals surface area contributed by atoms with Crippen molar-refractivity contribution < 1.29 is 9.90 Å². The molecule has 0 fully saturated rings. The van der Waals surface area contributed by atoms with Gasteiger partial charge in [-0.15, -0.1) is 0 Å². The zero-order valence-electron chi connectivity index (χ0n) is 8.29. The topological polar surface area (TPSA) is 37.3 Å². The molecule has 1 aliphatic carbocycles. The predicted molar refractivity (Wildman–Crippen MR) is 54.2 cm³/mol. The first-order chi connectivity index (χ1) is 6.68. The predicted octanol–water partition coefficient (Wildman–Crippen LogP) is 2.27. The Hall–Kier alpha value is -1.31. The molecule has 0 spiro atoms. The molecular weight excluding hydrogens is 176 g/mol. The van der Waals surface area contributed by atoms with Gasteiger partial charge in [0, 0.05) is 0 Å². The van der Waals surface area contributed by atoms with E-state index in [0.717, 1.165) is 0 Å². The smallest absolute Gasteiger partial charge is 0.310 e. The summed E-state index contributed by atoms with van der Waals surface area (Å²) in [5.74, 6) is -0.656. The van der Waals surface area contributed by atoms with Gasteiger partial charge in [0.15, 0.2) is 0 Å². The quantitative estimate of drug-likeness (QED) is 0.776. The second kappa shape index (κ2) is 3.12. The molecule has 0 amide bonds. The third-order valence-electron chi connectivity index (χ3n) is 3.31. The molecule has 0 atom stereocenters. The Balaban J connectivity index is 2.37. The second-order valence-electron chi connectivity index (χ2n) is 4.06. The SMILES string of the molecule is CCC1(C(=O)O)Cc2ccccc2C1. The van der Waals surface area contributed by atoms with Crippen LogP contribution >= 0.6 is 0 Å². The third kappa shape index (κ3) is 1.22. The summed E-state index contributed by atoms with van der Waals surface area (Å²) < 4.78 is 0. The van der Waals surface area contributed by atoms with Crippen LogP contribution < -0.4 is 0 Å². The van der Waals surface area contributed by atoms with E-state index in [-0.39, 0.29) is 0 Å². The van der Waals surface area contributed by atoms with Crippen LogP contribution in [0, 0.1) is 5.41 Å². The van der Waals surface area contributed by atoms with Crippen molar-refractivity contribution in [2.24, 2.45) is 5.41 Å². The van der Waals surface area contributed by atoms with Gasteiger partial charge in [-0.25, -0.2) is 0 Å². The fourth-order valence-electron chi connectivity index (χ4n) is 2.25. The van der Waals surface area contributed by atoms with Gasteiger partial charge in [0.05, 0.1) is 5.41 Å². The number of carboxylic acid groups (broad SMARTS) is 1. The van der Waals surface area contributed by atoms with E-state index in [0.29, 0.717) is 19.3 Å². The Kier molecular flexibility index (Phi) is 2.06. The van der Waals surface area contributed by atoms with Crippen LogP contribution in [0.3, 0.4) is 0 Å². The summed E-state index contributed by atoms with van der Waals surface area (Å²) in [4.78, 5) is 11.2. The minimum atomic E-state index is -0.656. The number of benzene rings is 1. The molecule has 2 nitrogen and oxygen atoms in total. The standard InChI is InChI=1S/C12H14O2/c1-2-12(11(13)14)7-9-5-3-4-6-10(9)8-12/h3-6H,2,7-8H2,1H3,(H,13,14). The fraction of sp³-hybridized carbons (Fsp3) is 0.417.